The molecule has 0 radical (unpaired) electrons. The van der Waals surface area contributed by atoms with Crippen LogP contribution in [0.2, 0.25) is 0 Å². The van der Waals surface area contributed by atoms with Crippen LogP contribution in [0.5, 0.6) is 0 Å². The molecule has 0 saturated heterocycles. The number of aryl methyl sites for hydroxylation is 2. The van der Waals surface area contributed by atoms with Gasteiger partial charge in [0.15, 0.2) is 0 Å². The Morgan fingerprint density at radius 3 is 2.04 bits per heavy atom. The fraction of sp³-hybridized carbons (Fsp3) is 0.524. The smallest absolute Gasteiger partial charge is 1.00 e. The summed E-state index contributed by atoms with van der Waals surface area (Å²) in [6.07, 6.45) is 12.9. The zero-order chi connectivity index (χ0) is 15.9. The average molecular weight is 466 g/mol. The minimum Gasteiger partial charge on any atom is -1.00 e. The van der Waals surface area contributed by atoms with Gasteiger partial charge in [0, 0.05) is 0 Å². The summed E-state index contributed by atoms with van der Waals surface area (Å²) >= 11 is 0. The molecule has 0 bridgehead atoms. The molecule has 26 heavy (non-hydrogen) atoms. The normalized spacial score (nSPS) is 12.8. The SMILES string of the molecule is CCCCCC1=C(CCC)[C-]=C([SiH2]c2cc(C)cc(C)c2)C1.[Cl-].[Cl-].[Cl-].[Ti+4]. The summed E-state index contributed by atoms with van der Waals surface area (Å²) in [5, 5.41) is 3.23. The first-order chi connectivity index (χ1) is 10.6. The second-order valence-corrected chi connectivity index (χ2v) is 8.89. The molecular formula is C21H31Cl3SiTi. The van der Waals surface area contributed by atoms with E-state index in [0.717, 1.165) is 0 Å². The van der Waals surface area contributed by atoms with Gasteiger partial charge >= 0.3 is 21.7 Å². The van der Waals surface area contributed by atoms with Crippen molar-refractivity contribution in [2.75, 3.05) is 0 Å². The number of unbranched alkanes of at least 4 members (excludes halogenated alkanes) is 2. The number of benzene rings is 1. The third-order valence-corrected chi connectivity index (χ3v) is 6.13. The van der Waals surface area contributed by atoms with Gasteiger partial charge in [-0.15, -0.1) is 0 Å². The van der Waals surface area contributed by atoms with Crippen molar-refractivity contribution in [3.63, 3.8) is 0 Å². The third-order valence-electron chi connectivity index (χ3n) is 4.46. The van der Waals surface area contributed by atoms with E-state index in [-0.39, 0.29) is 68.5 Å². The van der Waals surface area contributed by atoms with Crippen LogP contribution in [-0.2, 0) is 21.7 Å². The molecule has 0 aromatic heterocycles. The molecule has 5 heteroatoms. The molecule has 0 spiro atoms. The maximum atomic E-state index is 3.81. The molecule has 0 unspecified atom stereocenters. The van der Waals surface area contributed by atoms with Crippen LogP contribution in [-0.4, -0.2) is 9.52 Å². The van der Waals surface area contributed by atoms with Crippen molar-refractivity contribution < 1.29 is 58.9 Å². The molecule has 1 aliphatic rings. The Morgan fingerprint density at radius 2 is 1.50 bits per heavy atom. The number of halogens is 3. The first kappa shape index (κ1) is 31.2. The topological polar surface area (TPSA) is 0 Å². The van der Waals surface area contributed by atoms with Gasteiger partial charge in [-0.3, -0.25) is 6.08 Å². The fourth-order valence-corrected chi connectivity index (χ4v) is 5.62. The average Bonchev–Trinajstić information content (AvgIpc) is 2.80. The van der Waals surface area contributed by atoms with Gasteiger partial charge in [0.1, 0.15) is 0 Å². The van der Waals surface area contributed by atoms with Gasteiger partial charge in [0.25, 0.3) is 0 Å². The van der Waals surface area contributed by atoms with Crippen LogP contribution < -0.4 is 42.4 Å². The van der Waals surface area contributed by atoms with E-state index in [4.69, 9.17) is 0 Å². The van der Waals surface area contributed by atoms with Gasteiger partial charge in [0.2, 0.25) is 0 Å². The quantitative estimate of drug-likeness (QED) is 0.208. The summed E-state index contributed by atoms with van der Waals surface area (Å²) in [5.41, 5.74) is 6.09. The van der Waals surface area contributed by atoms with Crippen molar-refractivity contribution in [2.24, 2.45) is 0 Å². The van der Waals surface area contributed by atoms with Gasteiger partial charge in [-0.2, -0.15) is 5.20 Å². The first-order valence-corrected chi connectivity index (χ1v) is 10.4. The molecule has 0 aliphatic heterocycles. The van der Waals surface area contributed by atoms with Gasteiger partial charge in [-0.25, -0.2) is 11.1 Å². The van der Waals surface area contributed by atoms with E-state index < -0.39 is 0 Å². The van der Waals surface area contributed by atoms with E-state index in [1.54, 1.807) is 21.5 Å². The summed E-state index contributed by atoms with van der Waals surface area (Å²) in [6, 6.07) is 7.06. The van der Waals surface area contributed by atoms with Crippen molar-refractivity contribution in [1.29, 1.82) is 0 Å². The zero-order valence-electron chi connectivity index (χ0n) is 16.5. The summed E-state index contributed by atoms with van der Waals surface area (Å²) < 4.78 is 0. The van der Waals surface area contributed by atoms with Crippen LogP contribution in [0.15, 0.2) is 34.5 Å². The van der Waals surface area contributed by atoms with E-state index in [0.29, 0.717) is 0 Å². The number of hydrogen-bond acceptors (Lipinski definition) is 0. The van der Waals surface area contributed by atoms with Crippen molar-refractivity contribution in [3.8, 4) is 0 Å². The second kappa shape index (κ2) is 16.5. The molecular weight excluding hydrogens is 435 g/mol. The Balaban J connectivity index is -0.00000132. The van der Waals surface area contributed by atoms with Crippen molar-refractivity contribution >= 4 is 14.7 Å². The predicted octanol–water partition coefficient (Wildman–Crippen LogP) is -4.13. The summed E-state index contributed by atoms with van der Waals surface area (Å²) in [6.45, 7) is 9.01. The molecule has 144 valence electrons. The predicted molar refractivity (Wildman–Crippen MR) is 102 cm³/mol. The van der Waals surface area contributed by atoms with Gasteiger partial charge in [0.05, 0.1) is 9.52 Å². The standard InChI is InChI=1S/C21H31Si.3ClH.Ti/c1-5-7-8-10-19-15-21(14-18(19)9-6-2)22-20-12-16(3)11-17(4)13-20;;;;/h11-13H,5-10,15,22H2,1-4H3;3*1H;/q-1;;;;+4/p-3. The van der Waals surface area contributed by atoms with Gasteiger partial charge in [-0.05, 0) is 13.8 Å². The van der Waals surface area contributed by atoms with Crippen molar-refractivity contribution in [1.82, 2.24) is 0 Å². The second-order valence-electron chi connectivity index (χ2n) is 6.87. The van der Waals surface area contributed by atoms with Crippen LogP contribution in [0, 0.1) is 19.9 Å². The van der Waals surface area contributed by atoms with E-state index in [1.807, 2.05) is 0 Å². The van der Waals surface area contributed by atoms with E-state index in [2.05, 4.69) is 52.0 Å². The van der Waals surface area contributed by atoms with Crippen LogP contribution in [0.1, 0.15) is 69.9 Å². The maximum absolute atomic E-state index is 3.81. The molecule has 2 rings (SSSR count). The van der Waals surface area contributed by atoms with E-state index in [1.165, 1.54) is 56.1 Å². The molecule has 0 saturated carbocycles. The van der Waals surface area contributed by atoms with Gasteiger partial charge < -0.3 is 37.2 Å². The molecule has 0 amide bonds. The summed E-state index contributed by atoms with van der Waals surface area (Å²) in [5.74, 6) is 0. The Morgan fingerprint density at radius 1 is 0.885 bits per heavy atom. The summed E-state index contributed by atoms with van der Waals surface area (Å²) in [7, 11) is -0.323. The van der Waals surface area contributed by atoms with Crippen LogP contribution in [0.4, 0.5) is 0 Å². The molecule has 0 heterocycles. The number of hydrogen-bond donors (Lipinski definition) is 0. The zero-order valence-corrected chi connectivity index (χ0v) is 21.8. The van der Waals surface area contributed by atoms with Crippen LogP contribution >= 0.6 is 0 Å². The molecule has 1 aromatic carbocycles. The Hall–Kier alpha value is 0.501. The Kier molecular flexibility index (Phi) is 19.7. The minimum atomic E-state index is -0.323. The Labute approximate surface area is 197 Å². The molecule has 0 nitrogen and oxygen atoms in total. The monoisotopic (exact) mass is 464 g/mol. The summed E-state index contributed by atoms with van der Waals surface area (Å²) in [4.78, 5) is 0. The minimum absolute atomic E-state index is 0. The third kappa shape index (κ3) is 10.2. The van der Waals surface area contributed by atoms with Crippen molar-refractivity contribution in [3.05, 3.63) is 51.7 Å². The maximum Gasteiger partial charge on any atom is 4.00 e. The largest absolute Gasteiger partial charge is 4.00 e. The molecule has 1 aromatic rings. The van der Waals surface area contributed by atoms with Crippen LogP contribution in [0.25, 0.3) is 0 Å². The van der Waals surface area contributed by atoms with E-state index >= 15 is 0 Å². The molecule has 0 N–H and O–H groups in total. The molecule has 0 atom stereocenters. The number of rotatable bonds is 8. The van der Waals surface area contributed by atoms with Crippen LogP contribution in [0.3, 0.4) is 0 Å². The first-order valence-electron chi connectivity index (χ1n) is 9.02. The van der Waals surface area contributed by atoms with E-state index in [9.17, 15) is 0 Å². The fourth-order valence-electron chi connectivity index (χ4n) is 3.55. The number of allylic oxidation sites excluding steroid dienone is 4. The Bertz CT molecular complexity index is 562. The van der Waals surface area contributed by atoms with Gasteiger partial charge in [-0.1, -0.05) is 93.3 Å². The molecule has 1 aliphatic carbocycles. The van der Waals surface area contributed by atoms with Crippen molar-refractivity contribution in [2.45, 2.75) is 72.6 Å². The molecule has 0 fully saturated rings.